The Hall–Kier alpha value is -3.33. The Kier molecular flexibility index (Phi) is 4.28. The van der Waals surface area contributed by atoms with Crippen molar-refractivity contribution in [1.82, 2.24) is 0 Å². The third-order valence-electron chi connectivity index (χ3n) is 4.60. The molecule has 0 radical (unpaired) electrons. The second-order valence-corrected chi connectivity index (χ2v) is 6.20. The van der Waals surface area contributed by atoms with Crippen molar-refractivity contribution in [3.63, 3.8) is 0 Å². The maximum atomic E-state index is 13.0. The van der Waals surface area contributed by atoms with Gasteiger partial charge in [-0.05, 0) is 41.5 Å². The Morgan fingerprint density at radius 3 is 2.08 bits per heavy atom. The molecule has 0 saturated carbocycles. The molecule has 1 heterocycles. The van der Waals surface area contributed by atoms with Gasteiger partial charge >= 0.3 is 0 Å². The number of β-lactam (4-membered cyclic amide) rings is 1. The van der Waals surface area contributed by atoms with E-state index in [9.17, 15) is 4.79 Å². The van der Waals surface area contributed by atoms with Gasteiger partial charge in [0.2, 0.25) is 5.91 Å². The molecule has 1 amide bonds. The van der Waals surface area contributed by atoms with Crippen molar-refractivity contribution in [3.05, 3.63) is 102 Å². The van der Waals surface area contributed by atoms with Crippen LogP contribution in [0.3, 0.4) is 0 Å². The molecule has 1 unspecified atom stereocenters. The van der Waals surface area contributed by atoms with Gasteiger partial charge in [0.1, 0.15) is 11.7 Å². The summed E-state index contributed by atoms with van der Waals surface area (Å²) in [5, 5.41) is 0. The predicted octanol–water partition coefficient (Wildman–Crippen LogP) is 4.87. The van der Waals surface area contributed by atoms with Crippen molar-refractivity contribution >= 4 is 17.7 Å². The zero-order valence-electron chi connectivity index (χ0n) is 14.5. The van der Waals surface area contributed by atoms with E-state index in [0.717, 1.165) is 28.3 Å². The summed E-state index contributed by atoms with van der Waals surface area (Å²) in [6, 6.07) is 27.6. The van der Waals surface area contributed by atoms with E-state index in [1.54, 1.807) is 12.0 Å². The minimum absolute atomic E-state index is 0.0866. The standard InChI is InChI=1S/C23H19NO2/c1-26-20-14-12-19(13-15-20)24-21(16-17-8-4-2-5-9-17)22(23(24)25)18-10-6-3-7-11-18/h2-16,22H,1H3/b21-16+. The van der Waals surface area contributed by atoms with Gasteiger partial charge in [-0.25, -0.2) is 0 Å². The summed E-state index contributed by atoms with van der Waals surface area (Å²) in [6.07, 6.45) is 2.09. The number of hydrogen-bond acceptors (Lipinski definition) is 2. The van der Waals surface area contributed by atoms with E-state index in [-0.39, 0.29) is 11.8 Å². The normalized spacial score (nSPS) is 17.9. The molecule has 3 heteroatoms. The lowest BCUT2D eigenvalue weighted by molar-refractivity contribution is -0.122. The summed E-state index contributed by atoms with van der Waals surface area (Å²) in [7, 11) is 1.63. The molecule has 0 bridgehead atoms. The second kappa shape index (κ2) is 6.89. The third kappa shape index (κ3) is 2.88. The number of benzene rings is 3. The molecule has 0 spiro atoms. The highest BCUT2D eigenvalue weighted by Gasteiger charge is 2.44. The molecule has 1 aliphatic rings. The summed E-state index contributed by atoms with van der Waals surface area (Å²) in [4.78, 5) is 14.8. The molecule has 3 aromatic carbocycles. The summed E-state index contributed by atoms with van der Waals surface area (Å²) in [6.45, 7) is 0. The molecule has 1 saturated heterocycles. The first-order valence-corrected chi connectivity index (χ1v) is 8.57. The highest BCUT2D eigenvalue weighted by Crippen LogP contribution is 2.43. The van der Waals surface area contributed by atoms with E-state index in [0.29, 0.717) is 0 Å². The number of ether oxygens (including phenoxy) is 1. The Bertz CT molecular complexity index is 931. The maximum absolute atomic E-state index is 13.0. The highest BCUT2D eigenvalue weighted by molar-refractivity contribution is 6.13. The third-order valence-corrected chi connectivity index (χ3v) is 4.60. The van der Waals surface area contributed by atoms with Gasteiger partial charge < -0.3 is 4.74 Å². The Morgan fingerprint density at radius 1 is 0.846 bits per heavy atom. The van der Waals surface area contributed by atoms with E-state index >= 15 is 0 Å². The van der Waals surface area contributed by atoms with Crippen molar-refractivity contribution in [2.24, 2.45) is 0 Å². The topological polar surface area (TPSA) is 29.5 Å². The van der Waals surface area contributed by atoms with Gasteiger partial charge in [-0.15, -0.1) is 0 Å². The first-order valence-electron chi connectivity index (χ1n) is 8.57. The van der Waals surface area contributed by atoms with Gasteiger partial charge in [0, 0.05) is 11.4 Å². The fraction of sp³-hybridized carbons (Fsp3) is 0.0870. The fourth-order valence-electron chi connectivity index (χ4n) is 3.28. The molecule has 26 heavy (non-hydrogen) atoms. The molecule has 1 aliphatic heterocycles. The number of carbonyl (C=O) groups is 1. The quantitative estimate of drug-likeness (QED) is 0.634. The van der Waals surface area contributed by atoms with Crippen LogP contribution in [0.5, 0.6) is 5.75 Å². The van der Waals surface area contributed by atoms with Gasteiger partial charge in [-0.2, -0.15) is 0 Å². The predicted molar refractivity (Wildman–Crippen MR) is 104 cm³/mol. The van der Waals surface area contributed by atoms with E-state index in [1.807, 2.05) is 84.9 Å². The average molecular weight is 341 g/mol. The number of methoxy groups -OCH3 is 1. The monoisotopic (exact) mass is 341 g/mol. The Balaban J connectivity index is 1.75. The van der Waals surface area contributed by atoms with Gasteiger partial charge in [-0.3, -0.25) is 9.69 Å². The van der Waals surface area contributed by atoms with Crippen molar-refractivity contribution in [2.45, 2.75) is 5.92 Å². The summed E-state index contributed by atoms with van der Waals surface area (Å²) in [5.74, 6) is 0.622. The van der Waals surface area contributed by atoms with Crippen molar-refractivity contribution in [2.75, 3.05) is 12.0 Å². The van der Waals surface area contributed by atoms with Crippen LogP contribution in [-0.2, 0) is 4.79 Å². The molecule has 0 aliphatic carbocycles. The molecular weight excluding hydrogens is 322 g/mol. The minimum Gasteiger partial charge on any atom is -0.497 e. The molecule has 3 aromatic rings. The largest absolute Gasteiger partial charge is 0.497 e. The van der Waals surface area contributed by atoms with Crippen molar-refractivity contribution in [1.29, 1.82) is 0 Å². The zero-order valence-corrected chi connectivity index (χ0v) is 14.5. The first kappa shape index (κ1) is 16.2. The van der Waals surface area contributed by atoms with Gasteiger partial charge in [0.15, 0.2) is 0 Å². The summed E-state index contributed by atoms with van der Waals surface area (Å²) < 4.78 is 5.22. The van der Waals surface area contributed by atoms with E-state index in [4.69, 9.17) is 4.74 Å². The highest BCUT2D eigenvalue weighted by atomic mass is 16.5. The van der Waals surface area contributed by atoms with Crippen LogP contribution in [0.25, 0.3) is 6.08 Å². The number of anilines is 1. The first-order chi connectivity index (χ1) is 12.8. The van der Waals surface area contributed by atoms with E-state index < -0.39 is 0 Å². The lowest BCUT2D eigenvalue weighted by Crippen LogP contribution is -2.48. The number of nitrogens with zero attached hydrogens (tertiary/aromatic N) is 1. The lowest BCUT2D eigenvalue weighted by atomic mass is 9.84. The molecule has 128 valence electrons. The Labute approximate surface area is 153 Å². The van der Waals surface area contributed by atoms with E-state index in [1.165, 1.54) is 0 Å². The zero-order chi connectivity index (χ0) is 17.9. The number of carbonyl (C=O) groups excluding carboxylic acids is 1. The fourth-order valence-corrected chi connectivity index (χ4v) is 3.28. The molecule has 0 N–H and O–H groups in total. The van der Waals surface area contributed by atoms with Gasteiger partial charge in [0.05, 0.1) is 7.11 Å². The van der Waals surface area contributed by atoms with Crippen molar-refractivity contribution < 1.29 is 9.53 Å². The molecule has 1 fully saturated rings. The van der Waals surface area contributed by atoms with Crippen LogP contribution in [0.15, 0.2) is 90.6 Å². The van der Waals surface area contributed by atoms with E-state index in [2.05, 4.69) is 6.08 Å². The molecular formula is C23H19NO2. The second-order valence-electron chi connectivity index (χ2n) is 6.20. The van der Waals surface area contributed by atoms with Crippen LogP contribution in [0, 0.1) is 0 Å². The summed E-state index contributed by atoms with van der Waals surface area (Å²) in [5.41, 5.74) is 3.93. The maximum Gasteiger partial charge on any atom is 0.244 e. The number of amides is 1. The van der Waals surface area contributed by atoms with Gasteiger partial charge in [0.25, 0.3) is 0 Å². The molecule has 4 rings (SSSR count). The lowest BCUT2D eigenvalue weighted by Gasteiger charge is -2.42. The Morgan fingerprint density at radius 2 is 1.46 bits per heavy atom. The number of hydrogen-bond donors (Lipinski definition) is 0. The smallest absolute Gasteiger partial charge is 0.244 e. The van der Waals surface area contributed by atoms with Crippen LogP contribution in [0.4, 0.5) is 5.69 Å². The van der Waals surface area contributed by atoms with Crippen LogP contribution in [-0.4, -0.2) is 13.0 Å². The average Bonchev–Trinajstić information content (AvgIpc) is 2.70. The van der Waals surface area contributed by atoms with Crippen LogP contribution in [0.2, 0.25) is 0 Å². The molecule has 0 aromatic heterocycles. The molecule has 1 atom stereocenters. The van der Waals surface area contributed by atoms with Crippen LogP contribution < -0.4 is 9.64 Å². The van der Waals surface area contributed by atoms with Crippen LogP contribution in [0.1, 0.15) is 17.0 Å². The summed E-state index contributed by atoms with van der Waals surface area (Å²) >= 11 is 0. The van der Waals surface area contributed by atoms with Gasteiger partial charge in [-0.1, -0.05) is 60.7 Å². The minimum atomic E-state index is -0.237. The number of rotatable bonds is 4. The van der Waals surface area contributed by atoms with Crippen molar-refractivity contribution in [3.8, 4) is 5.75 Å². The molecule has 3 nitrogen and oxygen atoms in total. The van der Waals surface area contributed by atoms with Crippen LogP contribution >= 0.6 is 0 Å². The SMILES string of the molecule is COc1ccc(N2C(=O)C(c3ccccc3)/C2=C\c2ccccc2)cc1.